The number of nitrogens with one attached hydrogen (secondary N) is 1. The van der Waals surface area contributed by atoms with Crippen LogP contribution in [-0.2, 0) is 9.53 Å². The van der Waals surface area contributed by atoms with Gasteiger partial charge in [-0.3, -0.25) is 4.79 Å². The zero-order valence-corrected chi connectivity index (χ0v) is 17.8. The van der Waals surface area contributed by atoms with Crippen LogP contribution in [0.1, 0.15) is 41.8 Å². The largest absolute Gasteiger partial charge is 0.452 e. The average Bonchev–Trinajstić information content (AvgIpc) is 3.17. The quantitative estimate of drug-likeness (QED) is 0.597. The van der Waals surface area contributed by atoms with Crippen molar-refractivity contribution in [1.29, 1.82) is 0 Å². The summed E-state index contributed by atoms with van der Waals surface area (Å²) >= 11 is 0. The average molecular weight is 405 g/mol. The molecule has 1 atom stereocenters. The summed E-state index contributed by atoms with van der Waals surface area (Å²) in [5, 5.41) is 7.46. The molecule has 6 heteroatoms. The number of rotatable bonds is 7. The van der Waals surface area contributed by atoms with E-state index in [9.17, 15) is 9.59 Å². The Labute approximate surface area is 176 Å². The van der Waals surface area contributed by atoms with E-state index in [0.717, 1.165) is 28.8 Å². The molecule has 2 aromatic carbocycles. The molecule has 3 aromatic rings. The van der Waals surface area contributed by atoms with Crippen molar-refractivity contribution in [2.45, 2.75) is 40.2 Å². The van der Waals surface area contributed by atoms with Crippen LogP contribution in [0, 0.1) is 13.8 Å². The van der Waals surface area contributed by atoms with Crippen molar-refractivity contribution < 1.29 is 14.3 Å². The molecule has 1 amide bonds. The van der Waals surface area contributed by atoms with Gasteiger partial charge in [-0.15, -0.1) is 0 Å². The van der Waals surface area contributed by atoms with Crippen LogP contribution < -0.4 is 5.32 Å². The summed E-state index contributed by atoms with van der Waals surface area (Å²) in [6, 6.07) is 15.6. The molecule has 0 aliphatic heterocycles. The van der Waals surface area contributed by atoms with Gasteiger partial charge in [0.05, 0.1) is 5.69 Å². The number of para-hydroxylation sites is 1. The van der Waals surface area contributed by atoms with Crippen molar-refractivity contribution in [3.63, 3.8) is 0 Å². The molecule has 1 N–H and O–H groups in total. The molecule has 1 aromatic heterocycles. The fourth-order valence-electron chi connectivity index (χ4n) is 3.14. The molecule has 0 fully saturated rings. The van der Waals surface area contributed by atoms with Gasteiger partial charge >= 0.3 is 5.97 Å². The lowest BCUT2D eigenvalue weighted by atomic mass is 10.0. The topological polar surface area (TPSA) is 73.2 Å². The van der Waals surface area contributed by atoms with Gasteiger partial charge in [-0.05, 0) is 44.9 Å². The Balaban J connectivity index is 1.92. The maximum atomic E-state index is 12.9. The van der Waals surface area contributed by atoms with Crippen molar-refractivity contribution in [2.75, 3.05) is 6.61 Å². The molecule has 0 spiro atoms. The highest BCUT2D eigenvalue weighted by Crippen LogP contribution is 2.28. The van der Waals surface area contributed by atoms with Crippen LogP contribution in [0.2, 0.25) is 0 Å². The van der Waals surface area contributed by atoms with Gasteiger partial charge in [0.25, 0.3) is 5.91 Å². The molecule has 0 saturated heterocycles. The third kappa shape index (κ3) is 4.95. The first-order valence-corrected chi connectivity index (χ1v) is 10.1. The minimum Gasteiger partial charge on any atom is -0.452 e. The molecule has 156 valence electrons. The predicted molar refractivity (Wildman–Crippen MR) is 117 cm³/mol. The van der Waals surface area contributed by atoms with Gasteiger partial charge in [-0.25, -0.2) is 9.48 Å². The lowest BCUT2D eigenvalue weighted by Crippen LogP contribution is -2.35. The lowest BCUT2D eigenvalue weighted by molar-refractivity contribution is -0.124. The van der Waals surface area contributed by atoms with E-state index in [2.05, 4.69) is 10.4 Å². The van der Waals surface area contributed by atoms with E-state index in [4.69, 9.17) is 4.74 Å². The lowest BCUT2D eigenvalue weighted by Gasteiger charge is -2.11. The third-order valence-corrected chi connectivity index (χ3v) is 4.95. The van der Waals surface area contributed by atoms with Crippen LogP contribution in [0.25, 0.3) is 16.9 Å². The number of hydrogen-bond acceptors (Lipinski definition) is 4. The molecule has 0 bridgehead atoms. The third-order valence-electron chi connectivity index (χ3n) is 4.95. The number of benzene rings is 2. The fourth-order valence-corrected chi connectivity index (χ4v) is 3.14. The zero-order chi connectivity index (χ0) is 21.7. The minimum atomic E-state index is -0.577. The number of carbonyl (C=O) groups is 2. The van der Waals surface area contributed by atoms with Gasteiger partial charge in [0.15, 0.2) is 6.61 Å². The first-order chi connectivity index (χ1) is 14.4. The Hall–Kier alpha value is -3.41. The predicted octanol–water partition coefficient (Wildman–Crippen LogP) is 4.23. The summed E-state index contributed by atoms with van der Waals surface area (Å²) in [6.45, 7) is 7.56. The first-order valence-electron chi connectivity index (χ1n) is 10.1. The maximum Gasteiger partial charge on any atom is 0.342 e. The van der Waals surface area contributed by atoms with Crippen LogP contribution >= 0.6 is 0 Å². The number of hydrogen-bond donors (Lipinski definition) is 1. The molecule has 0 saturated carbocycles. The van der Waals surface area contributed by atoms with Gasteiger partial charge in [-0.2, -0.15) is 5.10 Å². The van der Waals surface area contributed by atoms with Crippen LogP contribution in [-0.4, -0.2) is 34.3 Å². The maximum absolute atomic E-state index is 12.9. The second-order valence-electron chi connectivity index (χ2n) is 7.44. The summed E-state index contributed by atoms with van der Waals surface area (Å²) in [5.74, 6) is -0.896. The SMILES string of the molecule is CC[C@H](C)NC(=O)COC(=O)c1cn(-c2ccccc2)nc1-c1ccc(C)cc1C. The number of nitrogens with zero attached hydrogens (tertiary/aromatic N) is 2. The van der Waals surface area contributed by atoms with Crippen molar-refractivity contribution in [1.82, 2.24) is 15.1 Å². The minimum absolute atomic E-state index is 0.0304. The molecule has 0 aliphatic carbocycles. The van der Waals surface area contributed by atoms with Gasteiger partial charge in [0.1, 0.15) is 11.3 Å². The highest BCUT2D eigenvalue weighted by atomic mass is 16.5. The molecule has 3 rings (SSSR count). The smallest absolute Gasteiger partial charge is 0.342 e. The zero-order valence-electron chi connectivity index (χ0n) is 17.8. The monoisotopic (exact) mass is 405 g/mol. The van der Waals surface area contributed by atoms with Gasteiger partial charge in [0, 0.05) is 17.8 Å². The Morgan fingerprint density at radius 2 is 1.87 bits per heavy atom. The Kier molecular flexibility index (Phi) is 6.67. The standard InChI is InChI=1S/C24H27N3O3/c1-5-18(4)25-22(28)15-30-24(29)21-14-27(19-9-7-6-8-10-19)26-23(21)20-12-11-16(2)13-17(20)3/h6-14,18H,5,15H2,1-4H3,(H,25,28)/t18-/m0/s1. The number of amides is 1. The number of ether oxygens (including phenoxy) is 1. The Morgan fingerprint density at radius 3 is 2.53 bits per heavy atom. The molecule has 0 unspecified atom stereocenters. The van der Waals surface area contributed by atoms with Crippen LogP contribution in [0.3, 0.4) is 0 Å². The molecular formula is C24H27N3O3. The molecule has 30 heavy (non-hydrogen) atoms. The Bertz CT molecular complexity index is 1040. The normalized spacial score (nSPS) is 11.7. The summed E-state index contributed by atoms with van der Waals surface area (Å²) in [5.41, 5.74) is 4.68. The van der Waals surface area contributed by atoms with E-state index in [1.54, 1.807) is 10.9 Å². The summed E-state index contributed by atoms with van der Waals surface area (Å²) in [4.78, 5) is 24.9. The van der Waals surface area contributed by atoms with E-state index in [1.807, 2.05) is 76.2 Å². The highest BCUT2D eigenvalue weighted by Gasteiger charge is 2.22. The summed E-state index contributed by atoms with van der Waals surface area (Å²) in [7, 11) is 0. The number of carbonyl (C=O) groups excluding carboxylic acids is 2. The molecule has 0 radical (unpaired) electrons. The summed E-state index contributed by atoms with van der Waals surface area (Å²) < 4.78 is 6.96. The number of aryl methyl sites for hydroxylation is 2. The van der Waals surface area contributed by atoms with Gasteiger partial charge in [-0.1, -0.05) is 48.9 Å². The first kappa shape index (κ1) is 21.3. The second kappa shape index (κ2) is 9.39. The van der Waals surface area contributed by atoms with E-state index in [1.165, 1.54) is 0 Å². The van der Waals surface area contributed by atoms with Gasteiger partial charge < -0.3 is 10.1 Å². The van der Waals surface area contributed by atoms with Crippen molar-refractivity contribution in [3.05, 3.63) is 71.4 Å². The fraction of sp³-hybridized carbons (Fsp3) is 0.292. The van der Waals surface area contributed by atoms with E-state index in [-0.39, 0.29) is 18.6 Å². The van der Waals surface area contributed by atoms with E-state index >= 15 is 0 Å². The van der Waals surface area contributed by atoms with Crippen molar-refractivity contribution in [3.8, 4) is 16.9 Å². The molecular weight excluding hydrogens is 378 g/mol. The van der Waals surface area contributed by atoms with E-state index in [0.29, 0.717) is 11.3 Å². The van der Waals surface area contributed by atoms with Crippen LogP contribution in [0.15, 0.2) is 54.7 Å². The molecule has 1 heterocycles. The number of esters is 1. The highest BCUT2D eigenvalue weighted by molar-refractivity contribution is 5.97. The molecule has 0 aliphatic rings. The second-order valence-corrected chi connectivity index (χ2v) is 7.44. The van der Waals surface area contributed by atoms with Gasteiger partial charge in [0.2, 0.25) is 0 Å². The van der Waals surface area contributed by atoms with Crippen molar-refractivity contribution >= 4 is 11.9 Å². The van der Waals surface area contributed by atoms with Crippen LogP contribution in [0.4, 0.5) is 0 Å². The van der Waals surface area contributed by atoms with Crippen LogP contribution in [0.5, 0.6) is 0 Å². The summed E-state index contributed by atoms with van der Waals surface area (Å²) in [6.07, 6.45) is 2.46. The molecule has 6 nitrogen and oxygen atoms in total. The van der Waals surface area contributed by atoms with E-state index < -0.39 is 5.97 Å². The van der Waals surface area contributed by atoms with Crippen molar-refractivity contribution in [2.24, 2.45) is 0 Å². The number of aromatic nitrogens is 2. The Morgan fingerprint density at radius 1 is 1.13 bits per heavy atom.